The van der Waals surface area contributed by atoms with E-state index in [9.17, 15) is 48.6 Å². The Labute approximate surface area is 468 Å². The third-order valence-corrected chi connectivity index (χ3v) is 14.0. The number of hydrogen-bond donors (Lipinski definition) is 10. The molecule has 1 fully saturated rings. The number of primary amides is 1. The highest BCUT2D eigenvalue weighted by atomic mass is 79.9. The minimum atomic E-state index is -1.52. The maximum absolute atomic E-state index is 14.3. The molecule has 1 heterocycles. The molecule has 78 heavy (non-hydrogen) atoms. The van der Waals surface area contributed by atoms with Crippen LogP contribution in [-0.2, 0) is 38.4 Å². The van der Waals surface area contributed by atoms with Crippen LogP contribution in [0.4, 0.5) is 5.69 Å². The van der Waals surface area contributed by atoms with Crippen molar-refractivity contribution in [3.05, 3.63) is 58.1 Å². The number of phenols is 1. The molecule has 3 rings (SSSR count). The zero-order valence-electron chi connectivity index (χ0n) is 46.0. The summed E-state index contributed by atoms with van der Waals surface area (Å²) in [6, 6.07) is 6.26. The van der Waals surface area contributed by atoms with Gasteiger partial charge < -0.3 is 63.3 Å². The van der Waals surface area contributed by atoms with Gasteiger partial charge in [-0.05, 0) is 114 Å². The number of phenolic OH excluding ortho intramolecular Hbond substituents is 1. The van der Waals surface area contributed by atoms with E-state index in [-0.39, 0.29) is 43.0 Å². The van der Waals surface area contributed by atoms with Crippen LogP contribution < -0.4 is 43.4 Å². The van der Waals surface area contributed by atoms with Gasteiger partial charge in [-0.3, -0.25) is 38.4 Å². The van der Waals surface area contributed by atoms with Gasteiger partial charge in [0.05, 0.1) is 23.9 Å². The molecule has 2 aromatic rings. The first-order chi connectivity index (χ1) is 37.4. The van der Waals surface area contributed by atoms with E-state index in [1.807, 2.05) is 0 Å². The number of aliphatic hydroxyl groups is 1. The average Bonchev–Trinajstić information content (AvgIpc) is 3.91. The normalized spacial score (nSPS) is 14.8. The fourth-order valence-electron chi connectivity index (χ4n) is 8.99. The van der Waals surface area contributed by atoms with Gasteiger partial charge in [0.1, 0.15) is 29.9 Å². The fraction of sp³-hybridized carbons (Fsp3) is 0.625. The smallest absolute Gasteiger partial charge is 0.261 e. The SMILES string of the molecule is CCCCCCCCCCCCCCCC(=O)NCCCC[C@H](NC(=O)[C@@H]1CCCN1C(=O)[C@H](CCCCN)NC(=O)[C@@H](NC(=O)CO/N=C(\C)c1ccc(NC(=O)c2cc(Br)ccc2O)cc1)[C@@H](C)O)C(=O)NCC(N)=O. The summed E-state index contributed by atoms with van der Waals surface area (Å²) in [7, 11) is 0. The largest absolute Gasteiger partial charge is 0.507 e. The number of anilines is 1. The molecule has 22 heteroatoms. The first-order valence-corrected chi connectivity index (χ1v) is 28.7. The Bertz CT molecular complexity index is 2250. The monoisotopic (exact) mass is 1150 g/mol. The van der Waals surface area contributed by atoms with Crippen molar-refractivity contribution in [3.63, 3.8) is 0 Å². The van der Waals surface area contributed by atoms with E-state index >= 15 is 0 Å². The maximum atomic E-state index is 14.3. The minimum absolute atomic E-state index is 0.0351. The average molecular weight is 1160 g/mol. The molecule has 0 radical (unpaired) electrons. The van der Waals surface area contributed by atoms with Crippen LogP contribution in [0.3, 0.4) is 0 Å². The molecule has 0 saturated carbocycles. The van der Waals surface area contributed by atoms with Gasteiger partial charge in [0.25, 0.3) is 11.8 Å². The van der Waals surface area contributed by atoms with Gasteiger partial charge in [0.2, 0.25) is 35.4 Å². The van der Waals surface area contributed by atoms with E-state index in [4.69, 9.17) is 16.3 Å². The highest BCUT2D eigenvalue weighted by Crippen LogP contribution is 2.24. The molecule has 434 valence electrons. The summed E-state index contributed by atoms with van der Waals surface area (Å²) in [5, 5.41) is 40.7. The molecular formula is C56H87BrN10O11. The van der Waals surface area contributed by atoms with Crippen LogP contribution in [0.5, 0.6) is 5.75 Å². The van der Waals surface area contributed by atoms with E-state index in [0.717, 1.165) is 19.3 Å². The van der Waals surface area contributed by atoms with Crippen molar-refractivity contribution in [2.75, 3.05) is 38.1 Å². The van der Waals surface area contributed by atoms with Gasteiger partial charge in [-0.1, -0.05) is 117 Å². The van der Waals surface area contributed by atoms with Crippen LogP contribution in [0.1, 0.15) is 178 Å². The molecule has 12 N–H and O–H groups in total. The number of benzene rings is 2. The van der Waals surface area contributed by atoms with Crippen molar-refractivity contribution in [2.24, 2.45) is 16.6 Å². The predicted molar refractivity (Wildman–Crippen MR) is 303 cm³/mol. The molecule has 2 aromatic carbocycles. The number of carbonyl (C=O) groups is 8. The quantitative estimate of drug-likeness (QED) is 0.0226. The number of nitrogens with zero attached hydrogens (tertiary/aromatic N) is 2. The third kappa shape index (κ3) is 25.6. The maximum Gasteiger partial charge on any atom is 0.261 e. The van der Waals surface area contributed by atoms with Gasteiger partial charge in [-0.15, -0.1) is 0 Å². The molecule has 1 saturated heterocycles. The Morgan fingerprint density at radius 1 is 0.769 bits per heavy atom. The topological polar surface area (TPSA) is 326 Å². The molecular weight excluding hydrogens is 1070 g/mol. The second-order valence-corrected chi connectivity index (χ2v) is 21.0. The second-order valence-electron chi connectivity index (χ2n) is 20.0. The Balaban J connectivity index is 1.52. The van der Waals surface area contributed by atoms with Crippen molar-refractivity contribution in [2.45, 2.75) is 192 Å². The van der Waals surface area contributed by atoms with Crippen LogP contribution in [0.15, 0.2) is 52.1 Å². The van der Waals surface area contributed by atoms with E-state index in [1.165, 1.54) is 88.2 Å². The number of likely N-dealkylation sites (tertiary alicyclic amines) is 1. The number of hydrogen-bond acceptors (Lipinski definition) is 13. The number of unbranched alkanes of at least 4 members (excludes halogenated alkanes) is 14. The van der Waals surface area contributed by atoms with Gasteiger partial charge >= 0.3 is 0 Å². The molecule has 0 bridgehead atoms. The van der Waals surface area contributed by atoms with Gasteiger partial charge in [0, 0.05) is 29.7 Å². The summed E-state index contributed by atoms with van der Waals surface area (Å²) in [6.07, 6.45) is 17.8. The van der Waals surface area contributed by atoms with Crippen LogP contribution in [-0.4, -0.2) is 131 Å². The summed E-state index contributed by atoms with van der Waals surface area (Å²) in [4.78, 5) is 112. The lowest BCUT2D eigenvalue weighted by atomic mass is 10.0. The van der Waals surface area contributed by atoms with Crippen molar-refractivity contribution >= 4 is 74.6 Å². The molecule has 1 aliphatic rings. The summed E-state index contributed by atoms with van der Waals surface area (Å²) >= 11 is 3.28. The molecule has 5 atom stereocenters. The van der Waals surface area contributed by atoms with Crippen molar-refractivity contribution in [1.82, 2.24) is 31.5 Å². The zero-order chi connectivity index (χ0) is 57.2. The second kappa shape index (κ2) is 37.6. The summed E-state index contributed by atoms with van der Waals surface area (Å²) in [5.41, 5.74) is 12.5. The van der Waals surface area contributed by atoms with Crippen LogP contribution in [0, 0.1) is 0 Å². The lowest BCUT2D eigenvalue weighted by Gasteiger charge is -2.31. The Morgan fingerprint density at radius 3 is 2.03 bits per heavy atom. The highest BCUT2D eigenvalue weighted by molar-refractivity contribution is 9.10. The van der Waals surface area contributed by atoms with Crippen molar-refractivity contribution in [1.29, 1.82) is 0 Å². The number of aliphatic hydroxyl groups excluding tert-OH is 1. The number of aromatic hydroxyl groups is 1. The number of oxime groups is 1. The van der Waals surface area contributed by atoms with Gasteiger partial charge in [-0.25, -0.2) is 0 Å². The molecule has 0 aliphatic carbocycles. The third-order valence-electron chi connectivity index (χ3n) is 13.5. The highest BCUT2D eigenvalue weighted by Gasteiger charge is 2.40. The number of carbonyl (C=O) groups excluding carboxylic acids is 8. The Morgan fingerprint density at radius 2 is 1.40 bits per heavy atom. The molecule has 21 nitrogen and oxygen atoms in total. The van der Waals surface area contributed by atoms with E-state index in [0.29, 0.717) is 73.0 Å². The van der Waals surface area contributed by atoms with Gasteiger partial charge in [0.15, 0.2) is 6.61 Å². The van der Waals surface area contributed by atoms with E-state index in [2.05, 4.69) is 59.9 Å². The van der Waals surface area contributed by atoms with Crippen LogP contribution in [0.25, 0.3) is 0 Å². The summed E-state index contributed by atoms with van der Waals surface area (Å²) in [6.45, 7) is 4.93. The minimum Gasteiger partial charge on any atom is -0.507 e. The van der Waals surface area contributed by atoms with Crippen LogP contribution in [0.2, 0.25) is 0 Å². The van der Waals surface area contributed by atoms with E-state index < -0.39 is 84.8 Å². The lowest BCUT2D eigenvalue weighted by Crippen LogP contribution is -2.59. The number of nitrogens with two attached hydrogens (primary N) is 2. The lowest BCUT2D eigenvalue weighted by molar-refractivity contribution is -0.143. The summed E-state index contributed by atoms with van der Waals surface area (Å²) in [5.74, 6) is -4.99. The Kier molecular flexibility index (Phi) is 31.9. The number of halogens is 1. The summed E-state index contributed by atoms with van der Waals surface area (Å²) < 4.78 is 0.621. The first kappa shape index (κ1) is 66.2. The molecule has 0 unspecified atom stereocenters. The molecule has 8 amide bonds. The predicted octanol–water partition coefficient (Wildman–Crippen LogP) is 5.47. The van der Waals surface area contributed by atoms with Crippen LogP contribution >= 0.6 is 15.9 Å². The van der Waals surface area contributed by atoms with Gasteiger partial charge in [-0.2, -0.15) is 0 Å². The number of nitrogens with one attached hydrogen (secondary N) is 6. The first-order valence-electron chi connectivity index (χ1n) is 27.9. The zero-order valence-corrected chi connectivity index (χ0v) is 47.6. The number of rotatable bonds is 39. The van der Waals surface area contributed by atoms with Crippen molar-refractivity contribution in [3.8, 4) is 5.75 Å². The number of amides is 8. The molecule has 0 aromatic heterocycles. The fourth-order valence-corrected chi connectivity index (χ4v) is 9.35. The standard InChI is InChI=1S/C56H87BrN10O11/c1-4-5-6-7-8-9-10-11-12-13-14-15-16-25-49(71)60-33-20-18-22-44(53(74)61-36-48(59)70)63-54(75)46-24-21-34-67(46)56(77)45(23-17-19-32-58)64-55(76)51(39(3)68)65-50(72)37-78-66-38(2)40-26-29-42(30-27-40)62-52(73)43-35-41(57)28-31-47(43)69/h26-31,35,39,44-46,51,68-69H,4-25,32-34,36-37,58H2,1-3H3,(H2,59,70)(H,60,71)(H,61,74)(H,62,73)(H,63,75)(H,64,76)(H,65,72)/b66-38+/t39-,44+,45+,46+,51+/m1/s1. The molecule has 1 aliphatic heterocycles. The molecule has 0 spiro atoms. The van der Waals surface area contributed by atoms with Crippen molar-refractivity contribution < 1.29 is 53.4 Å². The van der Waals surface area contributed by atoms with E-state index in [1.54, 1.807) is 37.3 Å². The Hall–Kier alpha value is -6.13.